The van der Waals surface area contributed by atoms with Gasteiger partial charge in [-0.2, -0.15) is 0 Å². The van der Waals surface area contributed by atoms with Gasteiger partial charge in [0.1, 0.15) is 0 Å². The molecule has 1 aromatic carbocycles. The quantitative estimate of drug-likeness (QED) is 0.891. The van der Waals surface area contributed by atoms with Crippen LogP contribution < -0.4 is 5.32 Å². The Balaban J connectivity index is 1.88. The van der Waals surface area contributed by atoms with Crippen LogP contribution in [0, 0.1) is 6.92 Å². The summed E-state index contributed by atoms with van der Waals surface area (Å²) < 4.78 is 0. The van der Waals surface area contributed by atoms with Crippen molar-refractivity contribution in [1.82, 2.24) is 10.3 Å². The average Bonchev–Trinajstić information content (AvgIpc) is 2.40. The van der Waals surface area contributed by atoms with E-state index in [1.807, 2.05) is 49.4 Å². The Kier molecular flexibility index (Phi) is 4.07. The van der Waals surface area contributed by atoms with E-state index in [2.05, 4.69) is 10.3 Å². The standard InChI is InChI=1S/C15H16N2O/c1-12-6-2-3-8-14(12)15(18)17-11-9-13-7-4-5-10-16-13/h2-8,10H,9,11H2,1H3,(H,17,18). The van der Waals surface area contributed by atoms with Gasteiger partial charge in [0.25, 0.3) is 5.91 Å². The Morgan fingerprint density at radius 3 is 2.67 bits per heavy atom. The molecule has 1 N–H and O–H groups in total. The lowest BCUT2D eigenvalue weighted by atomic mass is 10.1. The number of carbonyl (C=O) groups excluding carboxylic acids is 1. The molecule has 1 aromatic heterocycles. The highest BCUT2D eigenvalue weighted by atomic mass is 16.1. The Hall–Kier alpha value is -2.16. The van der Waals surface area contributed by atoms with Gasteiger partial charge in [-0.3, -0.25) is 9.78 Å². The number of rotatable bonds is 4. The smallest absolute Gasteiger partial charge is 0.251 e. The summed E-state index contributed by atoms with van der Waals surface area (Å²) in [4.78, 5) is 16.1. The molecule has 0 unspecified atom stereocenters. The van der Waals surface area contributed by atoms with Gasteiger partial charge in [0, 0.05) is 30.4 Å². The molecular formula is C15H16N2O. The molecule has 0 radical (unpaired) electrons. The van der Waals surface area contributed by atoms with Crippen LogP contribution in [0.5, 0.6) is 0 Å². The molecule has 0 atom stereocenters. The number of nitrogens with zero attached hydrogens (tertiary/aromatic N) is 1. The number of hydrogen-bond donors (Lipinski definition) is 1. The third kappa shape index (κ3) is 3.17. The number of nitrogens with one attached hydrogen (secondary N) is 1. The molecule has 0 aliphatic rings. The second kappa shape index (κ2) is 5.96. The van der Waals surface area contributed by atoms with E-state index in [0.717, 1.165) is 23.2 Å². The molecule has 0 spiro atoms. The molecule has 2 rings (SSSR count). The Morgan fingerprint density at radius 2 is 1.94 bits per heavy atom. The van der Waals surface area contributed by atoms with Crippen molar-refractivity contribution >= 4 is 5.91 Å². The van der Waals surface area contributed by atoms with E-state index in [4.69, 9.17) is 0 Å². The number of aromatic nitrogens is 1. The molecule has 0 aliphatic heterocycles. The van der Waals surface area contributed by atoms with Gasteiger partial charge >= 0.3 is 0 Å². The third-order valence-corrected chi connectivity index (χ3v) is 2.78. The molecule has 0 aliphatic carbocycles. The zero-order valence-corrected chi connectivity index (χ0v) is 10.4. The second-order valence-corrected chi connectivity index (χ2v) is 4.14. The van der Waals surface area contributed by atoms with Crippen LogP contribution in [0.1, 0.15) is 21.6 Å². The Labute approximate surface area is 107 Å². The van der Waals surface area contributed by atoms with E-state index >= 15 is 0 Å². The number of benzene rings is 1. The van der Waals surface area contributed by atoms with Crippen molar-refractivity contribution in [3.8, 4) is 0 Å². The maximum absolute atomic E-state index is 11.9. The molecule has 0 bridgehead atoms. The van der Waals surface area contributed by atoms with E-state index in [1.165, 1.54) is 0 Å². The van der Waals surface area contributed by atoms with Crippen LogP contribution >= 0.6 is 0 Å². The molecule has 3 nitrogen and oxygen atoms in total. The highest BCUT2D eigenvalue weighted by Crippen LogP contribution is 2.06. The lowest BCUT2D eigenvalue weighted by Gasteiger charge is -2.07. The summed E-state index contributed by atoms with van der Waals surface area (Å²) in [5.41, 5.74) is 2.72. The average molecular weight is 240 g/mol. The SMILES string of the molecule is Cc1ccccc1C(=O)NCCc1ccccn1. The van der Waals surface area contributed by atoms with Gasteiger partial charge in [0.2, 0.25) is 0 Å². The van der Waals surface area contributed by atoms with Crippen LogP contribution in [0.15, 0.2) is 48.7 Å². The molecule has 0 saturated heterocycles. The molecule has 92 valence electrons. The first-order valence-electron chi connectivity index (χ1n) is 6.01. The molecule has 2 aromatic rings. The van der Waals surface area contributed by atoms with E-state index in [9.17, 15) is 4.79 Å². The number of carbonyl (C=O) groups is 1. The lowest BCUT2D eigenvalue weighted by Crippen LogP contribution is -2.26. The van der Waals surface area contributed by atoms with Gasteiger partial charge < -0.3 is 5.32 Å². The van der Waals surface area contributed by atoms with E-state index in [-0.39, 0.29) is 5.91 Å². The number of amides is 1. The summed E-state index contributed by atoms with van der Waals surface area (Å²) in [6, 6.07) is 13.4. The van der Waals surface area contributed by atoms with E-state index < -0.39 is 0 Å². The second-order valence-electron chi connectivity index (χ2n) is 4.14. The van der Waals surface area contributed by atoms with Crippen LogP contribution in [0.3, 0.4) is 0 Å². The van der Waals surface area contributed by atoms with Crippen molar-refractivity contribution in [3.05, 3.63) is 65.5 Å². The van der Waals surface area contributed by atoms with Gasteiger partial charge in [0.15, 0.2) is 0 Å². The fourth-order valence-corrected chi connectivity index (χ4v) is 1.77. The van der Waals surface area contributed by atoms with Gasteiger partial charge in [-0.25, -0.2) is 0 Å². The fraction of sp³-hybridized carbons (Fsp3) is 0.200. The first kappa shape index (κ1) is 12.3. The number of hydrogen-bond acceptors (Lipinski definition) is 2. The topological polar surface area (TPSA) is 42.0 Å². The first-order valence-corrected chi connectivity index (χ1v) is 6.01. The zero-order chi connectivity index (χ0) is 12.8. The third-order valence-electron chi connectivity index (χ3n) is 2.78. The van der Waals surface area contributed by atoms with Gasteiger partial charge in [0.05, 0.1) is 0 Å². The van der Waals surface area contributed by atoms with Crippen LogP contribution in [0.25, 0.3) is 0 Å². The zero-order valence-electron chi connectivity index (χ0n) is 10.4. The van der Waals surface area contributed by atoms with Gasteiger partial charge in [-0.15, -0.1) is 0 Å². The summed E-state index contributed by atoms with van der Waals surface area (Å²) in [7, 11) is 0. The maximum atomic E-state index is 11.9. The van der Waals surface area contributed by atoms with Gasteiger partial charge in [-0.1, -0.05) is 24.3 Å². The van der Waals surface area contributed by atoms with Crippen LogP contribution in [0.2, 0.25) is 0 Å². The number of pyridine rings is 1. The predicted octanol–water partition coefficient (Wildman–Crippen LogP) is 2.36. The summed E-state index contributed by atoms with van der Waals surface area (Å²) in [6.07, 6.45) is 2.51. The van der Waals surface area contributed by atoms with Crippen molar-refractivity contribution < 1.29 is 4.79 Å². The maximum Gasteiger partial charge on any atom is 0.251 e. The minimum Gasteiger partial charge on any atom is -0.352 e. The predicted molar refractivity (Wildman–Crippen MR) is 71.5 cm³/mol. The molecule has 3 heteroatoms. The lowest BCUT2D eigenvalue weighted by molar-refractivity contribution is 0.0953. The summed E-state index contributed by atoms with van der Waals surface area (Å²) in [5, 5.41) is 2.91. The van der Waals surface area contributed by atoms with Crippen molar-refractivity contribution in [2.24, 2.45) is 0 Å². The minimum atomic E-state index is -0.0240. The molecule has 0 fully saturated rings. The monoisotopic (exact) mass is 240 g/mol. The van der Waals surface area contributed by atoms with E-state index in [0.29, 0.717) is 6.54 Å². The van der Waals surface area contributed by atoms with Crippen LogP contribution in [-0.2, 0) is 6.42 Å². The largest absolute Gasteiger partial charge is 0.352 e. The van der Waals surface area contributed by atoms with Crippen molar-refractivity contribution in [1.29, 1.82) is 0 Å². The number of aryl methyl sites for hydroxylation is 1. The first-order chi connectivity index (χ1) is 8.77. The van der Waals surface area contributed by atoms with Crippen molar-refractivity contribution in [3.63, 3.8) is 0 Å². The fourth-order valence-electron chi connectivity index (χ4n) is 1.77. The minimum absolute atomic E-state index is 0.0240. The van der Waals surface area contributed by atoms with Crippen LogP contribution in [-0.4, -0.2) is 17.4 Å². The van der Waals surface area contributed by atoms with Crippen molar-refractivity contribution in [2.75, 3.05) is 6.54 Å². The molecule has 1 amide bonds. The highest BCUT2D eigenvalue weighted by molar-refractivity contribution is 5.95. The van der Waals surface area contributed by atoms with Crippen molar-refractivity contribution in [2.45, 2.75) is 13.3 Å². The molecule has 18 heavy (non-hydrogen) atoms. The van der Waals surface area contributed by atoms with Crippen LogP contribution in [0.4, 0.5) is 0 Å². The molecular weight excluding hydrogens is 224 g/mol. The molecule has 1 heterocycles. The molecule has 0 saturated carbocycles. The highest BCUT2D eigenvalue weighted by Gasteiger charge is 2.06. The summed E-state index contributed by atoms with van der Waals surface area (Å²) >= 11 is 0. The summed E-state index contributed by atoms with van der Waals surface area (Å²) in [6.45, 7) is 2.54. The Bertz CT molecular complexity index is 523. The normalized spacial score (nSPS) is 10.1. The Morgan fingerprint density at radius 1 is 1.17 bits per heavy atom. The summed E-state index contributed by atoms with van der Waals surface area (Å²) in [5.74, 6) is -0.0240. The van der Waals surface area contributed by atoms with E-state index in [1.54, 1.807) is 6.20 Å². The van der Waals surface area contributed by atoms with Gasteiger partial charge in [-0.05, 0) is 30.7 Å².